The molecule has 1 saturated heterocycles. The fourth-order valence-electron chi connectivity index (χ4n) is 6.11. The van der Waals surface area contributed by atoms with Crippen LogP contribution < -0.4 is 15.5 Å². The molecule has 1 fully saturated rings. The van der Waals surface area contributed by atoms with Crippen LogP contribution in [-0.2, 0) is 24.0 Å². The molecule has 2 aliphatic rings. The molecule has 1 unspecified atom stereocenters. The van der Waals surface area contributed by atoms with Crippen molar-refractivity contribution in [2.24, 2.45) is 5.92 Å². The molecule has 9 nitrogen and oxygen atoms in total. The highest BCUT2D eigenvalue weighted by Crippen LogP contribution is 2.34. The van der Waals surface area contributed by atoms with Gasteiger partial charge in [-0.15, -0.1) is 0 Å². The lowest BCUT2D eigenvalue weighted by atomic mass is 9.98. The van der Waals surface area contributed by atoms with Crippen molar-refractivity contribution in [1.29, 1.82) is 0 Å². The van der Waals surface area contributed by atoms with Crippen molar-refractivity contribution in [3.8, 4) is 11.1 Å². The van der Waals surface area contributed by atoms with Crippen molar-refractivity contribution in [1.82, 2.24) is 29.9 Å². The lowest BCUT2D eigenvalue weighted by molar-refractivity contribution is 0.0958. The summed E-state index contributed by atoms with van der Waals surface area (Å²) in [7, 11) is 2.37. The van der Waals surface area contributed by atoms with Crippen LogP contribution in [0.1, 0.15) is 40.0 Å². The lowest BCUT2D eigenvalue weighted by Gasteiger charge is -2.31. The number of fused-ring (bicyclic) bond motifs is 2. The molecule has 4 heterocycles. The van der Waals surface area contributed by atoms with E-state index in [9.17, 15) is 9.00 Å². The molecule has 0 saturated carbocycles. The Labute approximate surface area is 249 Å². The molecule has 42 heavy (non-hydrogen) atoms. The van der Waals surface area contributed by atoms with E-state index in [1.165, 1.54) is 11.1 Å². The zero-order valence-electron chi connectivity index (χ0n) is 24.4. The number of nitrogens with one attached hydrogen (secondary N) is 2. The molecule has 2 aromatic carbocycles. The standard InChI is InChI=1S/C32H37N7O2S/c1-21-14-25(24-8-12-35-29(17-24)32(40)33-2)16-28-30(21)36-20-37-31(28)39-13-9-23-4-5-27(15-26(23)19-39)42(41)38(3)18-22-6-10-34-11-7-22/h4-5,8,12,14-17,20,22,34H,6-7,9-11,13,18-19H2,1-3H3,(H,33,40). The minimum Gasteiger partial charge on any atom is -0.354 e. The summed E-state index contributed by atoms with van der Waals surface area (Å²) in [5, 5.41) is 7.02. The number of carbonyl (C=O) groups excluding carboxylic acids is 1. The maximum atomic E-state index is 13.5. The Morgan fingerprint density at radius 2 is 1.90 bits per heavy atom. The van der Waals surface area contributed by atoms with E-state index in [0.717, 1.165) is 83.7 Å². The van der Waals surface area contributed by atoms with Gasteiger partial charge < -0.3 is 15.5 Å². The monoisotopic (exact) mass is 583 g/mol. The van der Waals surface area contributed by atoms with Crippen molar-refractivity contribution in [3.05, 3.63) is 77.4 Å². The Balaban J connectivity index is 1.28. The molecule has 6 rings (SSSR count). The van der Waals surface area contributed by atoms with Crippen molar-refractivity contribution in [2.45, 2.75) is 37.6 Å². The van der Waals surface area contributed by atoms with Gasteiger partial charge in [0, 0.05) is 45.3 Å². The number of aromatic nitrogens is 3. The minimum atomic E-state index is -1.20. The number of benzene rings is 2. The molecule has 0 aliphatic carbocycles. The number of hydrogen-bond acceptors (Lipinski definition) is 7. The molecule has 1 atom stereocenters. The van der Waals surface area contributed by atoms with Gasteiger partial charge in [0.2, 0.25) is 0 Å². The number of piperidine rings is 1. The van der Waals surface area contributed by atoms with Crippen molar-refractivity contribution < 1.29 is 9.00 Å². The molecule has 0 bridgehead atoms. The number of hydrogen-bond donors (Lipinski definition) is 2. The van der Waals surface area contributed by atoms with Gasteiger partial charge in [0.15, 0.2) is 0 Å². The Hall–Kier alpha value is -3.73. The van der Waals surface area contributed by atoms with Crippen molar-refractivity contribution >= 4 is 33.6 Å². The fourth-order valence-corrected chi connectivity index (χ4v) is 7.25. The largest absolute Gasteiger partial charge is 0.354 e. The lowest BCUT2D eigenvalue weighted by Crippen LogP contribution is -2.35. The smallest absolute Gasteiger partial charge is 0.269 e. The highest BCUT2D eigenvalue weighted by Gasteiger charge is 2.24. The van der Waals surface area contributed by atoms with Gasteiger partial charge in [-0.05, 0) is 109 Å². The van der Waals surface area contributed by atoms with Gasteiger partial charge in [-0.2, -0.15) is 0 Å². The summed E-state index contributed by atoms with van der Waals surface area (Å²) in [5.41, 5.74) is 6.69. The zero-order chi connectivity index (χ0) is 29.2. The molecular weight excluding hydrogens is 546 g/mol. The number of nitrogens with zero attached hydrogens (tertiary/aromatic N) is 5. The van der Waals surface area contributed by atoms with Crippen LogP contribution >= 0.6 is 0 Å². The number of amides is 1. The second kappa shape index (κ2) is 12.2. The van der Waals surface area contributed by atoms with Crippen molar-refractivity contribution in [3.63, 3.8) is 0 Å². The Morgan fingerprint density at radius 3 is 2.71 bits per heavy atom. The van der Waals surface area contributed by atoms with Crippen molar-refractivity contribution in [2.75, 3.05) is 45.2 Å². The molecule has 2 aromatic heterocycles. The third-order valence-electron chi connectivity index (χ3n) is 8.41. The van der Waals surface area contributed by atoms with E-state index < -0.39 is 11.0 Å². The predicted octanol–water partition coefficient (Wildman–Crippen LogP) is 3.88. The molecule has 4 aromatic rings. The fraction of sp³-hybridized carbons (Fsp3) is 0.375. The summed E-state index contributed by atoms with van der Waals surface area (Å²) in [6.45, 7) is 6.49. The maximum Gasteiger partial charge on any atom is 0.269 e. The molecule has 2 aliphatic heterocycles. The van der Waals surface area contributed by atoms with Gasteiger partial charge in [-0.25, -0.2) is 18.5 Å². The van der Waals surface area contributed by atoms with Crippen LogP contribution in [0, 0.1) is 12.8 Å². The summed E-state index contributed by atoms with van der Waals surface area (Å²) in [6, 6.07) is 14.2. The average Bonchev–Trinajstić information content (AvgIpc) is 3.03. The van der Waals surface area contributed by atoms with Crippen LogP contribution in [0.25, 0.3) is 22.0 Å². The normalized spacial score (nSPS) is 16.4. The van der Waals surface area contributed by atoms with Gasteiger partial charge >= 0.3 is 0 Å². The van der Waals surface area contributed by atoms with E-state index in [4.69, 9.17) is 4.98 Å². The quantitative estimate of drug-likeness (QED) is 0.340. The highest BCUT2D eigenvalue weighted by atomic mass is 32.2. The molecule has 0 radical (unpaired) electrons. The number of anilines is 1. The Bertz CT molecular complexity index is 1650. The topological polar surface area (TPSA) is 103 Å². The number of rotatable bonds is 7. The van der Waals surface area contributed by atoms with Gasteiger partial charge in [-0.1, -0.05) is 6.07 Å². The molecule has 10 heteroatoms. The highest BCUT2D eigenvalue weighted by molar-refractivity contribution is 7.82. The minimum absolute atomic E-state index is 0.219. The average molecular weight is 584 g/mol. The Kier molecular flexibility index (Phi) is 8.28. The van der Waals surface area contributed by atoms with E-state index in [0.29, 0.717) is 18.2 Å². The first-order valence-corrected chi connectivity index (χ1v) is 15.7. The first-order valence-electron chi connectivity index (χ1n) is 14.6. The third kappa shape index (κ3) is 5.79. The van der Waals surface area contributed by atoms with Crippen LogP contribution in [0.2, 0.25) is 0 Å². The van der Waals surface area contributed by atoms with E-state index >= 15 is 0 Å². The van der Waals surface area contributed by atoms with E-state index in [2.05, 4.69) is 56.7 Å². The second-order valence-corrected chi connectivity index (χ2v) is 12.8. The third-order valence-corrected chi connectivity index (χ3v) is 9.78. The molecule has 1 amide bonds. The van der Waals surface area contributed by atoms with Crippen LogP contribution in [-0.4, -0.2) is 69.6 Å². The first-order chi connectivity index (χ1) is 20.4. The summed E-state index contributed by atoms with van der Waals surface area (Å²) in [4.78, 5) is 28.9. The number of aryl methyl sites for hydroxylation is 1. The maximum absolute atomic E-state index is 13.5. The summed E-state index contributed by atoms with van der Waals surface area (Å²) in [6.07, 6.45) is 6.44. The van der Waals surface area contributed by atoms with Gasteiger partial charge in [-0.3, -0.25) is 9.78 Å². The summed E-state index contributed by atoms with van der Waals surface area (Å²) >= 11 is 0. The molecule has 218 valence electrons. The molecule has 2 N–H and O–H groups in total. The zero-order valence-corrected chi connectivity index (χ0v) is 25.2. The summed E-state index contributed by atoms with van der Waals surface area (Å²) < 4.78 is 15.5. The number of pyridine rings is 1. The molecule has 0 spiro atoms. The van der Waals surface area contributed by atoms with E-state index in [1.54, 1.807) is 19.6 Å². The van der Waals surface area contributed by atoms with Crippen LogP contribution in [0.3, 0.4) is 0 Å². The Morgan fingerprint density at radius 1 is 1.07 bits per heavy atom. The van der Waals surface area contributed by atoms with Gasteiger partial charge in [0.05, 0.1) is 10.4 Å². The molecular formula is C32H37N7O2S. The van der Waals surface area contributed by atoms with Gasteiger partial charge in [0.1, 0.15) is 28.8 Å². The van der Waals surface area contributed by atoms with Gasteiger partial charge in [0.25, 0.3) is 5.91 Å². The number of carbonyl (C=O) groups is 1. The first kappa shape index (κ1) is 28.4. The van der Waals surface area contributed by atoms with Crippen LogP contribution in [0.15, 0.2) is 59.9 Å². The predicted molar refractivity (Wildman–Crippen MR) is 167 cm³/mol. The van der Waals surface area contributed by atoms with Crippen LogP contribution in [0.4, 0.5) is 5.82 Å². The SMILES string of the molecule is CNC(=O)c1cc(-c2cc(C)c3ncnc(N4CCc5ccc(S(=O)N(C)CC6CCNCC6)cc5C4)c3c2)ccn1. The van der Waals surface area contributed by atoms with E-state index in [-0.39, 0.29) is 5.91 Å². The second-order valence-electron chi connectivity index (χ2n) is 11.3. The van der Waals surface area contributed by atoms with E-state index in [1.807, 2.05) is 29.6 Å². The van der Waals surface area contributed by atoms with Crippen LogP contribution in [0.5, 0.6) is 0 Å². The summed E-state index contributed by atoms with van der Waals surface area (Å²) in [5.74, 6) is 1.24.